The number of rotatable bonds is 6. The molecule has 13 heteroatoms. The van der Waals surface area contributed by atoms with Crippen LogP contribution >= 0.6 is 0 Å². The lowest BCUT2D eigenvalue weighted by Crippen LogP contribution is -2.18. The summed E-state index contributed by atoms with van der Waals surface area (Å²) in [6.45, 7) is 1.51. The van der Waals surface area contributed by atoms with Crippen molar-refractivity contribution in [3.63, 3.8) is 0 Å². The van der Waals surface area contributed by atoms with Gasteiger partial charge in [0.15, 0.2) is 11.5 Å². The van der Waals surface area contributed by atoms with E-state index in [0.29, 0.717) is 0 Å². The Labute approximate surface area is 157 Å². The van der Waals surface area contributed by atoms with E-state index in [1.54, 1.807) is 0 Å². The van der Waals surface area contributed by atoms with E-state index in [4.69, 9.17) is 4.74 Å². The number of hydrogen-bond acceptors (Lipinski definition) is 8. The lowest BCUT2D eigenvalue weighted by molar-refractivity contribution is 0.213. The van der Waals surface area contributed by atoms with Crippen molar-refractivity contribution >= 4 is 27.1 Å². The number of nitrogens with zero attached hydrogens (tertiary/aromatic N) is 5. The summed E-state index contributed by atoms with van der Waals surface area (Å²) in [7, 11) is -1.95. The molecule has 2 heterocycles. The van der Waals surface area contributed by atoms with Crippen LogP contribution in [0.4, 0.5) is 14.5 Å². The van der Waals surface area contributed by atoms with E-state index in [-0.39, 0.29) is 23.0 Å². The van der Waals surface area contributed by atoms with Crippen LogP contribution in [0.5, 0.6) is 6.01 Å². The zero-order chi connectivity index (χ0) is 20.5. The number of sulfonamides is 1. The average molecular weight is 412 g/mol. The third-order valence-corrected chi connectivity index (χ3v) is 4.69. The monoisotopic (exact) mass is 412 g/mol. The van der Waals surface area contributed by atoms with Gasteiger partial charge in [-0.1, -0.05) is 17.3 Å². The number of ether oxygens (including phenoxy) is 1. The van der Waals surface area contributed by atoms with Crippen molar-refractivity contribution in [1.29, 1.82) is 0 Å². The fraction of sp³-hybridized carbons (Fsp3) is 0.200. The summed E-state index contributed by atoms with van der Waals surface area (Å²) in [4.78, 5) is 11.9. The predicted octanol–water partition coefficient (Wildman–Crippen LogP) is 1.58. The topological polar surface area (TPSA) is 120 Å². The van der Waals surface area contributed by atoms with E-state index in [1.165, 1.54) is 33.3 Å². The van der Waals surface area contributed by atoms with Crippen LogP contribution in [0.25, 0.3) is 5.65 Å². The quantitative estimate of drug-likeness (QED) is 0.482. The molecule has 0 bridgehead atoms. The second-order valence-corrected chi connectivity index (χ2v) is 6.93. The van der Waals surface area contributed by atoms with Gasteiger partial charge in [0.2, 0.25) is 0 Å². The van der Waals surface area contributed by atoms with Crippen molar-refractivity contribution in [3.05, 3.63) is 41.6 Å². The fourth-order valence-corrected chi connectivity index (χ4v) is 3.32. The number of halogens is 2. The number of methoxy groups -OCH3 is 1. The second kappa shape index (κ2) is 7.34. The molecule has 0 saturated heterocycles. The molecular weight excluding hydrogens is 398 g/mol. The van der Waals surface area contributed by atoms with Crippen molar-refractivity contribution < 1.29 is 26.8 Å². The first kappa shape index (κ1) is 19.4. The van der Waals surface area contributed by atoms with Crippen molar-refractivity contribution in [3.8, 4) is 6.01 Å². The molecule has 0 radical (unpaired) electrons. The molecule has 0 atom stereocenters. The average Bonchev–Trinajstić information content (AvgIpc) is 3.11. The smallest absolute Gasteiger partial charge is 0.319 e. The molecule has 0 aliphatic carbocycles. The number of aromatic nitrogens is 4. The largest absolute Gasteiger partial charge is 0.467 e. The van der Waals surface area contributed by atoms with Crippen LogP contribution in [0.2, 0.25) is 0 Å². The maximum Gasteiger partial charge on any atom is 0.319 e. The Balaban J connectivity index is 2.10. The number of para-hydroxylation sites is 1. The van der Waals surface area contributed by atoms with E-state index in [9.17, 15) is 17.2 Å². The Kier molecular flexibility index (Phi) is 5.09. The standard InChI is InChI=1S/C15H14F2N6O4S/c1-8(21-27-3)9-5-4-6-10(16)12(9)22-28(24,25)14-19-13-11(17)7-18-15(26-2)23(13)20-14/h4-7,22H,1-3H3/b21-8+. The molecule has 148 valence electrons. The minimum atomic E-state index is -4.49. The first-order valence-electron chi connectivity index (χ1n) is 7.63. The molecule has 3 rings (SSSR count). The molecule has 0 fully saturated rings. The summed E-state index contributed by atoms with van der Waals surface area (Å²) in [6, 6.07) is 3.71. The number of anilines is 1. The molecule has 0 amide bonds. The third kappa shape index (κ3) is 3.43. The Morgan fingerprint density at radius 1 is 1.25 bits per heavy atom. The minimum absolute atomic E-state index is 0.139. The van der Waals surface area contributed by atoms with Gasteiger partial charge in [-0.25, -0.2) is 13.8 Å². The van der Waals surface area contributed by atoms with Crippen molar-refractivity contribution in [2.24, 2.45) is 5.16 Å². The lowest BCUT2D eigenvalue weighted by Gasteiger charge is -2.11. The van der Waals surface area contributed by atoms with E-state index >= 15 is 0 Å². The Bertz CT molecular complexity index is 1180. The van der Waals surface area contributed by atoms with Crippen molar-refractivity contribution in [1.82, 2.24) is 19.6 Å². The van der Waals surface area contributed by atoms with Crippen LogP contribution in [0.3, 0.4) is 0 Å². The molecule has 2 aromatic heterocycles. The molecule has 1 aromatic carbocycles. The summed E-state index contributed by atoms with van der Waals surface area (Å²) in [5.41, 5.74) is -0.442. The van der Waals surface area contributed by atoms with Gasteiger partial charge in [-0.05, 0) is 13.0 Å². The first-order chi connectivity index (χ1) is 13.3. The summed E-state index contributed by atoms with van der Waals surface area (Å²) in [5.74, 6) is -1.77. The van der Waals surface area contributed by atoms with Gasteiger partial charge >= 0.3 is 6.01 Å². The van der Waals surface area contributed by atoms with Gasteiger partial charge in [-0.2, -0.15) is 17.9 Å². The number of oxime groups is 1. The fourth-order valence-electron chi connectivity index (χ4n) is 2.35. The summed E-state index contributed by atoms with van der Waals surface area (Å²) in [5, 5.41) is 6.58. The molecule has 0 aliphatic rings. The van der Waals surface area contributed by atoms with Gasteiger partial charge in [0.05, 0.1) is 24.7 Å². The highest BCUT2D eigenvalue weighted by Gasteiger charge is 2.26. The zero-order valence-corrected chi connectivity index (χ0v) is 15.7. The molecule has 10 nitrogen and oxygen atoms in total. The van der Waals surface area contributed by atoms with Gasteiger partial charge in [0.25, 0.3) is 15.2 Å². The van der Waals surface area contributed by atoms with Crippen LogP contribution in [0, 0.1) is 11.6 Å². The Morgan fingerprint density at radius 2 is 2.00 bits per heavy atom. The van der Waals surface area contributed by atoms with Gasteiger partial charge in [0, 0.05) is 5.56 Å². The molecule has 0 spiro atoms. The normalized spacial score (nSPS) is 12.2. The number of nitrogens with one attached hydrogen (secondary N) is 1. The number of benzene rings is 1. The summed E-state index contributed by atoms with van der Waals surface area (Å²) in [6.07, 6.45) is 0.812. The zero-order valence-electron chi connectivity index (χ0n) is 14.8. The third-order valence-electron chi connectivity index (χ3n) is 3.56. The molecule has 3 aromatic rings. The molecule has 0 aliphatic heterocycles. The lowest BCUT2D eigenvalue weighted by atomic mass is 10.1. The van der Waals surface area contributed by atoms with Gasteiger partial charge in [-0.3, -0.25) is 4.72 Å². The molecule has 0 saturated carbocycles. The van der Waals surface area contributed by atoms with Crippen LogP contribution in [0.15, 0.2) is 34.7 Å². The van der Waals surface area contributed by atoms with Crippen molar-refractivity contribution in [2.45, 2.75) is 12.1 Å². The second-order valence-electron chi connectivity index (χ2n) is 5.35. The van der Waals surface area contributed by atoms with E-state index in [1.807, 2.05) is 0 Å². The molecule has 28 heavy (non-hydrogen) atoms. The SMILES string of the molecule is CO/N=C(\C)c1cccc(F)c1NS(=O)(=O)c1nc2c(F)cnc(OC)n2n1. The molecule has 0 unspecified atom stereocenters. The van der Waals surface area contributed by atoms with Crippen LogP contribution in [-0.2, 0) is 14.9 Å². The number of fused-ring (bicyclic) bond motifs is 1. The predicted molar refractivity (Wildman–Crippen MR) is 93.7 cm³/mol. The van der Waals surface area contributed by atoms with Gasteiger partial charge < -0.3 is 9.57 Å². The first-order valence-corrected chi connectivity index (χ1v) is 9.11. The van der Waals surface area contributed by atoms with Gasteiger partial charge in [-0.15, -0.1) is 5.10 Å². The van der Waals surface area contributed by atoms with Crippen LogP contribution < -0.4 is 9.46 Å². The summed E-state index contributed by atoms with van der Waals surface area (Å²) >= 11 is 0. The molecule has 1 N–H and O–H groups in total. The van der Waals surface area contributed by atoms with E-state index in [0.717, 1.165) is 16.8 Å². The maximum absolute atomic E-state index is 14.3. The maximum atomic E-state index is 14.3. The van der Waals surface area contributed by atoms with Crippen molar-refractivity contribution in [2.75, 3.05) is 18.9 Å². The Hall–Kier alpha value is -3.35. The number of hydrogen-bond donors (Lipinski definition) is 1. The van der Waals surface area contributed by atoms with E-state index in [2.05, 4.69) is 29.8 Å². The Morgan fingerprint density at radius 3 is 2.68 bits per heavy atom. The highest BCUT2D eigenvalue weighted by atomic mass is 32.2. The minimum Gasteiger partial charge on any atom is -0.467 e. The summed E-state index contributed by atoms with van der Waals surface area (Å²) < 4.78 is 61.4. The van der Waals surface area contributed by atoms with Crippen LogP contribution in [-0.4, -0.2) is 47.9 Å². The molecular formula is C15H14F2N6O4S. The van der Waals surface area contributed by atoms with Crippen LogP contribution in [0.1, 0.15) is 12.5 Å². The van der Waals surface area contributed by atoms with Gasteiger partial charge in [0.1, 0.15) is 12.9 Å². The highest BCUT2D eigenvalue weighted by Crippen LogP contribution is 2.24. The highest BCUT2D eigenvalue weighted by molar-refractivity contribution is 7.92. The van der Waals surface area contributed by atoms with E-state index < -0.39 is 32.5 Å².